The van der Waals surface area contributed by atoms with E-state index < -0.39 is 31.2 Å². The lowest BCUT2D eigenvalue weighted by molar-refractivity contribution is -0.284. The fourth-order valence-electron chi connectivity index (χ4n) is 2.42. The average Bonchev–Trinajstić information content (AvgIpc) is 2.92. The van der Waals surface area contributed by atoms with E-state index >= 15 is 0 Å². The number of rotatable bonds is 6. The van der Waals surface area contributed by atoms with Crippen molar-refractivity contribution in [3.8, 4) is 5.69 Å². The Kier molecular flexibility index (Phi) is 6.05. The molecule has 0 saturated carbocycles. The minimum absolute atomic E-state index is 0.0220. The van der Waals surface area contributed by atoms with E-state index in [9.17, 15) is 26.3 Å². The minimum Gasteiger partial charge on any atom is -0.368 e. The zero-order chi connectivity index (χ0) is 19.5. The fraction of sp³-hybridized carbons (Fsp3) is 0.467. The van der Waals surface area contributed by atoms with Crippen molar-refractivity contribution in [2.24, 2.45) is 5.92 Å². The molecule has 0 aliphatic rings. The summed E-state index contributed by atoms with van der Waals surface area (Å²) in [5.74, 6) is -3.39. The van der Waals surface area contributed by atoms with Gasteiger partial charge in [-0.25, -0.2) is 4.68 Å². The lowest BCUT2D eigenvalue weighted by Gasteiger charge is -2.27. The molecule has 0 aliphatic heterocycles. The maximum atomic E-state index is 12.7. The van der Waals surface area contributed by atoms with Crippen LogP contribution in [0.25, 0.3) is 5.69 Å². The highest BCUT2D eigenvalue weighted by Crippen LogP contribution is 2.41. The second kappa shape index (κ2) is 7.73. The molecule has 26 heavy (non-hydrogen) atoms. The van der Waals surface area contributed by atoms with Gasteiger partial charge in [0.25, 0.3) is 0 Å². The normalized spacial score (nSPS) is 12.7. The fourth-order valence-corrected chi connectivity index (χ4v) is 2.67. The summed E-state index contributed by atoms with van der Waals surface area (Å²) in [7, 11) is 0. The zero-order valence-corrected chi connectivity index (χ0v) is 14.3. The van der Waals surface area contributed by atoms with Gasteiger partial charge in [0.2, 0.25) is 0 Å². The monoisotopic (exact) mass is 400 g/mol. The van der Waals surface area contributed by atoms with Crippen LogP contribution < -0.4 is 4.90 Å². The first-order chi connectivity index (χ1) is 12.0. The molecule has 0 aliphatic carbocycles. The standard InChI is InChI=1S/C15H15ClF6N4/c1-2-25(7-5-12(14(17,18)19)15(20,21)22)11-9-26(24-13(11)16)10-4-3-6-23-8-10/h3-4,6,8-9,12H,2,5,7H2,1H3. The lowest BCUT2D eigenvalue weighted by Crippen LogP contribution is -2.39. The van der Waals surface area contributed by atoms with Crippen molar-refractivity contribution in [1.82, 2.24) is 14.8 Å². The summed E-state index contributed by atoms with van der Waals surface area (Å²) in [4.78, 5) is 5.24. The van der Waals surface area contributed by atoms with Crippen molar-refractivity contribution in [3.05, 3.63) is 35.9 Å². The maximum absolute atomic E-state index is 12.7. The van der Waals surface area contributed by atoms with Crippen molar-refractivity contribution in [1.29, 1.82) is 0 Å². The summed E-state index contributed by atoms with van der Waals surface area (Å²) in [6.07, 6.45) is -7.37. The van der Waals surface area contributed by atoms with E-state index in [-0.39, 0.29) is 17.4 Å². The molecule has 0 bridgehead atoms. The third kappa shape index (κ3) is 4.80. The van der Waals surface area contributed by atoms with Crippen molar-refractivity contribution in [3.63, 3.8) is 0 Å². The SMILES string of the molecule is CCN(CCC(C(F)(F)F)C(F)(F)F)c1cn(-c2cccnc2)nc1Cl. The van der Waals surface area contributed by atoms with Gasteiger partial charge in [-0.1, -0.05) is 11.6 Å². The van der Waals surface area contributed by atoms with Gasteiger partial charge in [-0.15, -0.1) is 0 Å². The molecular formula is C15H15ClF6N4. The van der Waals surface area contributed by atoms with Crippen molar-refractivity contribution in [2.45, 2.75) is 25.7 Å². The molecule has 2 heterocycles. The average molecular weight is 401 g/mol. The maximum Gasteiger partial charge on any atom is 0.400 e. The molecule has 0 N–H and O–H groups in total. The van der Waals surface area contributed by atoms with Gasteiger partial charge in [0.05, 0.1) is 23.8 Å². The van der Waals surface area contributed by atoms with Gasteiger partial charge in [-0.05, 0) is 25.5 Å². The van der Waals surface area contributed by atoms with E-state index in [1.807, 2.05) is 0 Å². The number of pyridine rings is 1. The second-order valence-corrected chi connectivity index (χ2v) is 5.82. The van der Waals surface area contributed by atoms with Crippen LogP contribution in [0.15, 0.2) is 30.7 Å². The van der Waals surface area contributed by atoms with Gasteiger partial charge in [0.15, 0.2) is 11.1 Å². The van der Waals surface area contributed by atoms with Crippen LogP contribution in [-0.2, 0) is 0 Å². The Morgan fingerprint density at radius 3 is 2.35 bits per heavy atom. The van der Waals surface area contributed by atoms with Crippen molar-refractivity contribution in [2.75, 3.05) is 18.0 Å². The van der Waals surface area contributed by atoms with Gasteiger partial charge in [-0.2, -0.15) is 31.4 Å². The Hall–Kier alpha value is -1.97. The smallest absolute Gasteiger partial charge is 0.368 e. The number of alkyl halides is 6. The number of halogens is 7. The third-order valence-corrected chi connectivity index (χ3v) is 4.03. The minimum atomic E-state index is -5.36. The lowest BCUT2D eigenvalue weighted by atomic mass is 10.0. The summed E-state index contributed by atoms with van der Waals surface area (Å²) in [5.41, 5.74) is 0.807. The van der Waals surface area contributed by atoms with E-state index in [2.05, 4.69) is 10.1 Å². The van der Waals surface area contributed by atoms with Gasteiger partial charge in [0, 0.05) is 19.3 Å². The van der Waals surface area contributed by atoms with E-state index in [1.54, 1.807) is 25.3 Å². The summed E-state index contributed by atoms with van der Waals surface area (Å²) in [6.45, 7) is 1.30. The molecule has 11 heteroatoms. The Labute approximate surface area is 150 Å². The molecule has 0 radical (unpaired) electrons. The van der Waals surface area contributed by atoms with Crippen LogP contribution in [0.2, 0.25) is 5.15 Å². The predicted octanol–water partition coefficient (Wildman–Crippen LogP) is 4.88. The predicted molar refractivity (Wildman–Crippen MR) is 84.5 cm³/mol. The Bertz CT molecular complexity index is 699. The summed E-state index contributed by atoms with van der Waals surface area (Å²) in [5, 5.41) is 4.01. The molecule has 144 valence electrons. The first-order valence-corrected chi connectivity index (χ1v) is 7.95. The molecule has 0 saturated heterocycles. The van der Waals surface area contributed by atoms with Gasteiger partial charge in [0.1, 0.15) is 0 Å². The molecule has 2 aromatic rings. The number of hydrogen-bond acceptors (Lipinski definition) is 3. The number of hydrogen-bond donors (Lipinski definition) is 0. The van der Waals surface area contributed by atoms with Crippen LogP contribution in [0, 0.1) is 5.92 Å². The van der Waals surface area contributed by atoms with E-state index in [0.29, 0.717) is 5.69 Å². The highest BCUT2D eigenvalue weighted by Gasteiger charge is 2.56. The molecule has 0 atom stereocenters. The van der Waals surface area contributed by atoms with Gasteiger partial charge >= 0.3 is 12.4 Å². The van der Waals surface area contributed by atoms with Crippen LogP contribution in [0.3, 0.4) is 0 Å². The van der Waals surface area contributed by atoms with Crippen LogP contribution >= 0.6 is 11.6 Å². The largest absolute Gasteiger partial charge is 0.400 e. The molecule has 4 nitrogen and oxygen atoms in total. The molecule has 2 aromatic heterocycles. The second-order valence-electron chi connectivity index (χ2n) is 5.47. The van der Waals surface area contributed by atoms with Crippen molar-refractivity contribution < 1.29 is 26.3 Å². The first kappa shape index (κ1) is 20.3. The Morgan fingerprint density at radius 1 is 1.19 bits per heavy atom. The third-order valence-electron chi connectivity index (χ3n) is 3.76. The van der Waals surface area contributed by atoms with Crippen LogP contribution in [0.5, 0.6) is 0 Å². The van der Waals surface area contributed by atoms with Gasteiger partial charge in [-0.3, -0.25) is 4.98 Å². The molecular weight excluding hydrogens is 386 g/mol. The van der Waals surface area contributed by atoms with Crippen LogP contribution in [-0.4, -0.2) is 40.2 Å². The topological polar surface area (TPSA) is 34.0 Å². The Morgan fingerprint density at radius 2 is 1.85 bits per heavy atom. The van der Waals surface area contributed by atoms with E-state index in [0.717, 1.165) is 0 Å². The number of anilines is 1. The summed E-state index contributed by atoms with van der Waals surface area (Å²) >= 11 is 6.03. The molecule has 0 aromatic carbocycles. The van der Waals surface area contributed by atoms with Crippen LogP contribution in [0.4, 0.5) is 32.0 Å². The zero-order valence-electron chi connectivity index (χ0n) is 13.5. The highest BCUT2D eigenvalue weighted by atomic mass is 35.5. The van der Waals surface area contributed by atoms with E-state index in [1.165, 1.54) is 22.0 Å². The molecule has 0 amide bonds. The summed E-state index contributed by atoms with van der Waals surface area (Å²) in [6, 6.07) is 3.33. The summed E-state index contributed by atoms with van der Waals surface area (Å²) < 4.78 is 77.5. The molecule has 0 fully saturated rings. The Balaban J connectivity index is 2.20. The number of nitrogens with zero attached hydrogens (tertiary/aromatic N) is 4. The highest BCUT2D eigenvalue weighted by molar-refractivity contribution is 6.32. The van der Waals surface area contributed by atoms with Crippen LogP contribution in [0.1, 0.15) is 13.3 Å². The van der Waals surface area contributed by atoms with Crippen molar-refractivity contribution >= 4 is 17.3 Å². The van der Waals surface area contributed by atoms with E-state index in [4.69, 9.17) is 11.6 Å². The van der Waals surface area contributed by atoms with Gasteiger partial charge < -0.3 is 4.90 Å². The molecule has 0 spiro atoms. The number of aromatic nitrogens is 3. The first-order valence-electron chi connectivity index (χ1n) is 7.58. The molecule has 2 rings (SSSR count). The molecule has 0 unspecified atom stereocenters. The quantitative estimate of drug-likeness (QED) is 0.648.